The first-order valence-electron chi connectivity index (χ1n) is 9.71. The average molecular weight is 394 g/mol. The molecule has 2 unspecified atom stereocenters. The Bertz CT molecular complexity index is 602. The highest BCUT2D eigenvalue weighted by Crippen LogP contribution is 2.23. The molecule has 0 bridgehead atoms. The second-order valence-corrected chi connectivity index (χ2v) is 7.64. The molecular weight excluding hydrogens is 359 g/mol. The zero-order valence-corrected chi connectivity index (χ0v) is 18.8. The summed E-state index contributed by atoms with van der Waals surface area (Å²) in [4.78, 5) is 25.5. The molecule has 0 saturated heterocycles. The van der Waals surface area contributed by atoms with Crippen LogP contribution in [0.2, 0.25) is 0 Å². The number of ether oxygens (including phenoxy) is 1. The largest absolute Gasteiger partial charge is 0.453 e. The normalized spacial score (nSPS) is 12.7. The minimum absolute atomic E-state index is 0.0561. The van der Waals surface area contributed by atoms with Gasteiger partial charge in [-0.2, -0.15) is 0 Å². The van der Waals surface area contributed by atoms with Crippen LogP contribution >= 0.6 is 9.12 Å². The van der Waals surface area contributed by atoms with E-state index in [1.165, 1.54) is 0 Å². The molecule has 2 atom stereocenters. The third-order valence-electron chi connectivity index (χ3n) is 4.67. The molecule has 0 aliphatic heterocycles. The van der Waals surface area contributed by atoms with Crippen molar-refractivity contribution in [3.8, 4) is 0 Å². The Morgan fingerprint density at radius 1 is 1.00 bits per heavy atom. The quantitative estimate of drug-likeness (QED) is 0.221. The van der Waals surface area contributed by atoms with E-state index in [1.54, 1.807) is 9.12 Å². The first-order valence-corrected chi connectivity index (χ1v) is 10.1. The number of aryl methyl sites for hydroxylation is 3. The molecule has 0 fully saturated rings. The van der Waals surface area contributed by atoms with Crippen LogP contribution in [0.4, 0.5) is 0 Å². The van der Waals surface area contributed by atoms with Crippen molar-refractivity contribution in [2.75, 3.05) is 0 Å². The molecule has 1 rings (SSSR count). The van der Waals surface area contributed by atoms with Gasteiger partial charge in [-0.3, -0.25) is 14.2 Å². The Hall–Kier alpha value is -1.54. The monoisotopic (exact) mass is 394 g/mol. The van der Waals surface area contributed by atoms with Crippen molar-refractivity contribution in [1.29, 1.82) is 0 Å². The van der Waals surface area contributed by atoms with E-state index in [2.05, 4.69) is 6.92 Å². The summed E-state index contributed by atoms with van der Waals surface area (Å²) < 4.78 is 13.7. The molecule has 0 spiro atoms. The van der Waals surface area contributed by atoms with Crippen LogP contribution in [0.1, 0.15) is 80.4 Å². The van der Waals surface area contributed by atoms with Gasteiger partial charge in [0, 0.05) is 5.56 Å². The van der Waals surface area contributed by atoms with E-state index in [9.17, 15) is 9.59 Å². The van der Waals surface area contributed by atoms with Gasteiger partial charge in [0.05, 0.1) is 5.92 Å². The van der Waals surface area contributed by atoms with Gasteiger partial charge in [-0.05, 0) is 44.2 Å². The Morgan fingerprint density at radius 2 is 1.52 bits per heavy atom. The molecule has 0 heterocycles. The number of hydrogen-bond acceptors (Lipinski definition) is 4. The standard InChI is InChI=1S/C22H34O3.HOP/c1-8-9-10-11-16(5)22(24)25-21(14(2)3)20(23)19-17(6)12-15(4)13-18(19)7;1-2/h12-14,16,21H,8-11H2,1-7H3;2H. The van der Waals surface area contributed by atoms with Crippen LogP contribution in [0.15, 0.2) is 12.1 Å². The summed E-state index contributed by atoms with van der Waals surface area (Å²) in [6, 6.07) is 4.01. The predicted octanol–water partition coefficient (Wildman–Crippen LogP) is 6.05. The van der Waals surface area contributed by atoms with Crippen LogP contribution in [-0.4, -0.2) is 17.9 Å². The molecule has 1 aromatic carbocycles. The first-order chi connectivity index (χ1) is 12.7. The second-order valence-electron chi connectivity index (χ2n) is 7.64. The minimum Gasteiger partial charge on any atom is -0.453 e. The van der Waals surface area contributed by atoms with Gasteiger partial charge in [0.2, 0.25) is 5.78 Å². The number of rotatable bonds is 9. The van der Waals surface area contributed by atoms with Crippen LogP contribution in [0.25, 0.3) is 0 Å². The van der Waals surface area contributed by atoms with Crippen molar-refractivity contribution in [2.45, 2.75) is 80.3 Å². The van der Waals surface area contributed by atoms with Gasteiger partial charge in [-0.25, -0.2) is 0 Å². The summed E-state index contributed by atoms with van der Waals surface area (Å²) in [5.74, 6) is -0.565. The highest BCUT2D eigenvalue weighted by molar-refractivity contribution is 7.00. The van der Waals surface area contributed by atoms with Gasteiger partial charge in [0.1, 0.15) is 9.12 Å². The number of unbranched alkanes of at least 4 members (excludes halogenated alkanes) is 2. The van der Waals surface area contributed by atoms with Crippen molar-refractivity contribution in [1.82, 2.24) is 0 Å². The first kappa shape index (κ1) is 25.5. The molecule has 0 amide bonds. The fourth-order valence-electron chi connectivity index (χ4n) is 3.26. The lowest BCUT2D eigenvalue weighted by molar-refractivity contribution is -0.153. The zero-order chi connectivity index (χ0) is 21.1. The number of benzene rings is 1. The fraction of sp³-hybridized carbons (Fsp3) is 0.636. The number of ketones is 1. The Balaban J connectivity index is 0.00000326. The second kappa shape index (κ2) is 12.8. The maximum absolute atomic E-state index is 13.1. The molecule has 0 aromatic heterocycles. The maximum Gasteiger partial charge on any atom is 0.309 e. The number of esters is 1. The lowest BCUT2D eigenvalue weighted by Crippen LogP contribution is -2.35. The third-order valence-corrected chi connectivity index (χ3v) is 4.67. The molecule has 4 nitrogen and oxygen atoms in total. The van der Waals surface area contributed by atoms with Crippen molar-refractivity contribution < 1.29 is 18.9 Å². The van der Waals surface area contributed by atoms with Gasteiger partial charge >= 0.3 is 5.97 Å². The van der Waals surface area contributed by atoms with Gasteiger partial charge in [-0.15, -0.1) is 0 Å². The van der Waals surface area contributed by atoms with Crippen LogP contribution in [0, 0.1) is 32.6 Å². The smallest absolute Gasteiger partial charge is 0.309 e. The molecule has 0 saturated carbocycles. The van der Waals surface area contributed by atoms with Crippen molar-refractivity contribution >= 4 is 20.9 Å². The molecular formula is C22H35O4P. The zero-order valence-electron chi connectivity index (χ0n) is 17.8. The topological polar surface area (TPSA) is 60.4 Å². The number of carbonyl (C=O) groups is 2. The molecule has 0 N–H and O–H groups in total. The number of Topliss-reactive ketones (excluding diaryl/α,β-unsaturated/α-hetero) is 1. The van der Waals surface area contributed by atoms with E-state index in [0.29, 0.717) is 5.56 Å². The Kier molecular flexibility index (Phi) is 12.0. The summed E-state index contributed by atoms with van der Waals surface area (Å²) in [6.45, 7) is 13.8. The van der Waals surface area contributed by atoms with Crippen LogP contribution in [-0.2, 0) is 14.1 Å². The number of hydrogen-bond donors (Lipinski definition) is 0. The van der Waals surface area contributed by atoms with Gasteiger partial charge in [-0.1, -0.05) is 64.7 Å². The predicted molar refractivity (Wildman–Crippen MR) is 112 cm³/mol. The highest BCUT2D eigenvalue weighted by atomic mass is 31.0. The van der Waals surface area contributed by atoms with Crippen molar-refractivity contribution in [2.24, 2.45) is 11.8 Å². The molecule has 0 radical (unpaired) electrons. The van der Waals surface area contributed by atoms with E-state index in [0.717, 1.165) is 42.4 Å². The molecule has 5 heteroatoms. The van der Waals surface area contributed by atoms with Crippen molar-refractivity contribution in [3.05, 3.63) is 34.4 Å². The SMILES string of the molecule is CCCCCC(C)C(=O)OC(C(=O)c1c(C)cc(C)cc1C)C(C)C.O=P. The van der Waals surface area contributed by atoms with E-state index in [1.807, 2.05) is 53.7 Å². The highest BCUT2D eigenvalue weighted by Gasteiger charge is 2.30. The van der Waals surface area contributed by atoms with Gasteiger partial charge < -0.3 is 4.74 Å². The number of carbonyl (C=O) groups excluding carboxylic acids is 2. The lowest BCUT2D eigenvalue weighted by Gasteiger charge is -2.24. The summed E-state index contributed by atoms with van der Waals surface area (Å²) in [5, 5.41) is 0. The Labute approximate surface area is 166 Å². The molecule has 0 aliphatic rings. The van der Waals surface area contributed by atoms with E-state index in [4.69, 9.17) is 9.30 Å². The summed E-state index contributed by atoms with van der Waals surface area (Å²) >= 11 is 0. The summed E-state index contributed by atoms with van der Waals surface area (Å²) in [6.07, 6.45) is 3.35. The summed E-state index contributed by atoms with van der Waals surface area (Å²) in [7, 11) is 1.72. The lowest BCUT2D eigenvalue weighted by atomic mass is 9.90. The van der Waals surface area contributed by atoms with E-state index >= 15 is 0 Å². The molecule has 0 aliphatic carbocycles. The minimum atomic E-state index is -0.721. The van der Waals surface area contributed by atoms with Crippen LogP contribution < -0.4 is 0 Å². The average Bonchev–Trinajstić information content (AvgIpc) is 2.59. The van der Waals surface area contributed by atoms with Gasteiger partial charge in [0.15, 0.2) is 6.10 Å². The maximum atomic E-state index is 13.1. The molecule has 27 heavy (non-hydrogen) atoms. The van der Waals surface area contributed by atoms with Crippen molar-refractivity contribution in [3.63, 3.8) is 0 Å². The van der Waals surface area contributed by atoms with Crippen LogP contribution in [0.3, 0.4) is 0 Å². The fourth-order valence-corrected chi connectivity index (χ4v) is 3.26. The summed E-state index contributed by atoms with van der Waals surface area (Å²) in [5.41, 5.74) is 3.71. The van der Waals surface area contributed by atoms with E-state index in [-0.39, 0.29) is 23.6 Å². The molecule has 1 aromatic rings. The van der Waals surface area contributed by atoms with E-state index < -0.39 is 6.10 Å². The van der Waals surface area contributed by atoms with Crippen LogP contribution in [0.5, 0.6) is 0 Å². The third kappa shape index (κ3) is 7.92. The van der Waals surface area contributed by atoms with Gasteiger partial charge in [0.25, 0.3) is 0 Å². The Morgan fingerprint density at radius 3 is 1.96 bits per heavy atom. The molecule has 152 valence electrons.